The molecule has 132 valence electrons. The highest BCUT2D eigenvalue weighted by Gasteiger charge is 2.21. The van der Waals surface area contributed by atoms with Gasteiger partial charge in [0, 0.05) is 5.75 Å². The van der Waals surface area contributed by atoms with Gasteiger partial charge >= 0.3 is 5.97 Å². The number of carbonyl (C=O) groups excluding carboxylic acids is 1. The van der Waals surface area contributed by atoms with Crippen LogP contribution in [0.5, 0.6) is 0 Å². The molecule has 0 aliphatic rings. The zero-order valence-corrected chi connectivity index (χ0v) is 14.6. The molecule has 6 heteroatoms. The first-order chi connectivity index (χ1) is 12.0. The van der Waals surface area contributed by atoms with Crippen LogP contribution in [-0.4, -0.2) is 22.2 Å². The summed E-state index contributed by atoms with van der Waals surface area (Å²) in [7, 11) is 0. The van der Waals surface area contributed by atoms with E-state index in [-0.39, 0.29) is 17.6 Å². The van der Waals surface area contributed by atoms with Crippen molar-refractivity contribution in [3.05, 3.63) is 71.5 Å². The average molecular weight is 361 g/mol. The van der Waals surface area contributed by atoms with Crippen molar-refractivity contribution in [2.75, 3.05) is 0 Å². The Kier molecular flexibility index (Phi) is 7.01. The lowest BCUT2D eigenvalue weighted by atomic mass is 10.0. The summed E-state index contributed by atoms with van der Waals surface area (Å²) in [5.41, 5.74) is 1.69. The van der Waals surface area contributed by atoms with Gasteiger partial charge in [0.15, 0.2) is 0 Å². The Hall–Kier alpha value is -2.34. The summed E-state index contributed by atoms with van der Waals surface area (Å²) in [4.78, 5) is 23.5. The summed E-state index contributed by atoms with van der Waals surface area (Å²) in [6, 6.07) is 14.6. The summed E-state index contributed by atoms with van der Waals surface area (Å²) in [6.45, 7) is 1.78. The third kappa shape index (κ3) is 6.23. The molecule has 2 aromatic rings. The summed E-state index contributed by atoms with van der Waals surface area (Å²) in [5, 5.41) is 11.5. The van der Waals surface area contributed by atoms with Crippen LogP contribution < -0.4 is 5.32 Å². The molecule has 4 nitrogen and oxygen atoms in total. The van der Waals surface area contributed by atoms with Crippen LogP contribution in [0.2, 0.25) is 0 Å². The third-order valence-electron chi connectivity index (χ3n) is 3.68. The number of amides is 1. The summed E-state index contributed by atoms with van der Waals surface area (Å²) < 4.78 is 13.1. The third-order valence-corrected chi connectivity index (χ3v) is 4.89. The van der Waals surface area contributed by atoms with E-state index < -0.39 is 17.8 Å². The molecule has 2 aromatic carbocycles. The SMILES string of the molecule is CC(SCc1ccccc1)C(=O)NC(CC(=O)O)c1ccc(F)cc1. The van der Waals surface area contributed by atoms with Crippen LogP contribution in [-0.2, 0) is 15.3 Å². The van der Waals surface area contributed by atoms with Gasteiger partial charge in [0.2, 0.25) is 5.91 Å². The van der Waals surface area contributed by atoms with Crippen LogP contribution in [0.15, 0.2) is 54.6 Å². The van der Waals surface area contributed by atoms with Crippen molar-refractivity contribution in [3.8, 4) is 0 Å². The largest absolute Gasteiger partial charge is 0.481 e. The van der Waals surface area contributed by atoms with Crippen molar-refractivity contribution in [2.24, 2.45) is 0 Å². The Morgan fingerprint density at radius 2 is 1.76 bits per heavy atom. The zero-order valence-electron chi connectivity index (χ0n) is 13.8. The number of carboxylic acids is 1. The second-order valence-electron chi connectivity index (χ2n) is 5.65. The number of benzene rings is 2. The van der Waals surface area contributed by atoms with Crippen LogP contribution >= 0.6 is 11.8 Å². The molecule has 2 unspecified atom stereocenters. The van der Waals surface area contributed by atoms with Gasteiger partial charge < -0.3 is 10.4 Å². The first-order valence-electron chi connectivity index (χ1n) is 7.89. The molecule has 0 heterocycles. The molecule has 2 rings (SSSR count). The van der Waals surface area contributed by atoms with E-state index in [1.165, 1.54) is 36.0 Å². The lowest BCUT2D eigenvalue weighted by Gasteiger charge is -2.20. The number of thioether (sulfide) groups is 1. The minimum atomic E-state index is -1.03. The first-order valence-corrected chi connectivity index (χ1v) is 8.93. The quantitative estimate of drug-likeness (QED) is 0.751. The number of nitrogens with one attached hydrogen (secondary N) is 1. The Bertz CT molecular complexity index is 706. The summed E-state index contributed by atoms with van der Waals surface area (Å²) in [5.74, 6) is -0.984. The molecule has 2 N–H and O–H groups in total. The highest BCUT2D eigenvalue weighted by molar-refractivity contribution is 7.99. The molecule has 0 saturated heterocycles. The molecule has 0 fully saturated rings. The number of aliphatic carboxylic acids is 1. The molecule has 0 spiro atoms. The zero-order chi connectivity index (χ0) is 18.2. The highest BCUT2D eigenvalue weighted by atomic mass is 32.2. The van der Waals surface area contributed by atoms with Crippen LogP contribution in [0.25, 0.3) is 0 Å². The Morgan fingerprint density at radius 3 is 2.36 bits per heavy atom. The van der Waals surface area contributed by atoms with E-state index in [1.807, 2.05) is 30.3 Å². The molecule has 0 aliphatic carbocycles. The number of rotatable bonds is 8. The maximum atomic E-state index is 13.1. The van der Waals surface area contributed by atoms with E-state index in [0.717, 1.165) is 5.56 Å². The van der Waals surface area contributed by atoms with Gasteiger partial charge in [-0.2, -0.15) is 0 Å². The topological polar surface area (TPSA) is 66.4 Å². The standard InChI is InChI=1S/C19H20FNO3S/c1-13(25-12-14-5-3-2-4-6-14)19(24)21-17(11-18(22)23)15-7-9-16(20)10-8-15/h2-10,13,17H,11-12H2,1H3,(H,21,24)(H,22,23). The van der Waals surface area contributed by atoms with Gasteiger partial charge in [0.25, 0.3) is 0 Å². The monoisotopic (exact) mass is 361 g/mol. The summed E-state index contributed by atoms with van der Waals surface area (Å²) >= 11 is 1.48. The Morgan fingerprint density at radius 1 is 1.12 bits per heavy atom. The maximum Gasteiger partial charge on any atom is 0.305 e. The van der Waals surface area contributed by atoms with E-state index in [4.69, 9.17) is 5.11 Å². The van der Waals surface area contributed by atoms with Crippen LogP contribution in [0.4, 0.5) is 4.39 Å². The fraction of sp³-hybridized carbons (Fsp3) is 0.263. The highest BCUT2D eigenvalue weighted by Crippen LogP contribution is 2.21. The number of carbonyl (C=O) groups is 2. The van der Waals surface area contributed by atoms with Crippen LogP contribution in [0.1, 0.15) is 30.5 Å². The Balaban J connectivity index is 1.98. The van der Waals surface area contributed by atoms with Gasteiger partial charge in [-0.3, -0.25) is 9.59 Å². The van der Waals surface area contributed by atoms with Gasteiger partial charge in [-0.1, -0.05) is 42.5 Å². The van der Waals surface area contributed by atoms with Crippen LogP contribution in [0.3, 0.4) is 0 Å². The Labute approximate surface area is 150 Å². The molecule has 0 aliphatic heterocycles. The van der Waals surface area contributed by atoms with E-state index >= 15 is 0 Å². The van der Waals surface area contributed by atoms with E-state index in [9.17, 15) is 14.0 Å². The van der Waals surface area contributed by atoms with Crippen molar-refractivity contribution in [1.29, 1.82) is 0 Å². The maximum absolute atomic E-state index is 13.1. The van der Waals surface area contributed by atoms with E-state index in [0.29, 0.717) is 11.3 Å². The number of hydrogen-bond acceptors (Lipinski definition) is 3. The normalized spacial score (nSPS) is 13.0. The molecule has 1 amide bonds. The van der Waals surface area contributed by atoms with Crippen LogP contribution in [0, 0.1) is 5.82 Å². The predicted molar refractivity (Wildman–Crippen MR) is 96.7 cm³/mol. The molecular formula is C19H20FNO3S. The second kappa shape index (κ2) is 9.22. The van der Waals surface area contributed by atoms with Crippen molar-refractivity contribution in [3.63, 3.8) is 0 Å². The lowest BCUT2D eigenvalue weighted by molar-refractivity contribution is -0.137. The minimum Gasteiger partial charge on any atom is -0.481 e. The lowest BCUT2D eigenvalue weighted by Crippen LogP contribution is -2.35. The molecule has 0 radical (unpaired) electrons. The van der Waals surface area contributed by atoms with Gasteiger partial charge in [-0.05, 0) is 30.2 Å². The first kappa shape index (κ1) is 19.0. The molecule has 0 bridgehead atoms. The smallest absolute Gasteiger partial charge is 0.305 e. The molecule has 25 heavy (non-hydrogen) atoms. The molecule has 2 atom stereocenters. The predicted octanol–water partition coefficient (Wildman–Crippen LogP) is 3.78. The summed E-state index contributed by atoms with van der Waals surface area (Å²) in [6.07, 6.45) is -0.257. The number of carboxylic acid groups (broad SMARTS) is 1. The van der Waals surface area contributed by atoms with Crippen molar-refractivity contribution >= 4 is 23.6 Å². The van der Waals surface area contributed by atoms with Crippen molar-refractivity contribution in [1.82, 2.24) is 5.32 Å². The van der Waals surface area contributed by atoms with E-state index in [1.54, 1.807) is 6.92 Å². The van der Waals surface area contributed by atoms with E-state index in [2.05, 4.69) is 5.32 Å². The molecule has 0 saturated carbocycles. The van der Waals surface area contributed by atoms with Crippen molar-refractivity contribution < 1.29 is 19.1 Å². The van der Waals surface area contributed by atoms with Crippen molar-refractivity contribution in [2.45, 2.75) is 30.4 Å². The number of hydrogen-bond donors (Lipinski definition) is 2. The fourth-order valence-corrected chi connectivity index (χ4v) is 3.14. The van der Waals surface area contributed by atoms with Gasteiger partial charge in [0.1, 0.15) is 5.82 Å². The fourth-order valence-electron chi connectivity index (χ4n) is 2.28. The molecule has 0 aromatic heterocycles. The average Bonchev–Trinajstić information content (AvgIpc) is 2.60. The number of halogens is 1. The minimum absolute atomic E-state index is 0.239. The van der Waals surface area contributed by atoms with Gasteiger partial charge in [0.05, 0.1) is 17.7 Å². The van der Waals surface area contributed by atoms with Gasteiger partial charge in [-0.25, -0.2) is 4.39 Å². The second-order valence-corrected chi connectivity index (χ2v) is 6.98. The van der Waals surface area contributed by atoms with Gasteiger partial charge in [-0.15, -0.1) is 11.8 Å². The molecular weight excluding hydrogens is 341 g/mol.